The third-order valence-electron chi connectivity index (χ3n) is 5.07. The van der Waals surface area contributed by atoms with E-state index in [2.05, 4.69) is 18.3 Å². The Kier molecular flexibility index (Phi) is 8.90. The van der Waals surface area contributed by atoms with Crippen LogP contribution in [0.2, 0.25) is 0 Å². The summed E-state index contributed by atoms with van der Waals surface area (Å²) in [4.78, 5) is 12.3. The standard InChI is InChI=1S/C24H33NO2/c1-4-5-6-7-8-9-10-15-21-16-11-12-18-23(21)27-24(26)25-22-17-13-14-19(2)20(22)3/h11-14,16-18H,4-10,15H2,1-3H3,(H,25,26). The zero-order valence-corrected chi connectivity index (χ0v) is 17.0. The Bertz CT molecular complexity index is 724. The van der Waals surface area contributed by atoms with Crippen molar-refractivity contribution in [2.24, 2.45) is 0 Å². The minimum Gasteiger partial charge on any atom is -0.410 e. The molecule has 0 heterocycles. The molecule has 0 radical (unpaired) electrons. The third-order valence-corrected chi connectivity index (χ3v) is 5.07. The molecule has 0 aliphatic heterocycles. The average molecular weight is 368 g/mol. The van der Waals surface area contributed by atoms with Gasteiger partial charge in [-0.3, -0.25) is 5.32 Å². The van der Waals surface area contributed by atoms with Gasteiger partial charge in [-0.2, -0.15) is 0 Å². The fraction of sp³-hybridized carbons (Fsp3) is 0.458. The number of anilines is 1. The molecule has 1 N–H and O–H groups in total. The lowest BCUT2D eigenvalue weighted by Gasteiger charge is -2.13. The molecule has 146 valence electrons. The minimum atomic E-state index is -0.435. The van der Waals surface area contributed by atoms with Gasteiger partial charge in [0.05, 0.1) is 0 Å². The first-order chi connectivity index (χ1) is 13.1. The molecule has 0 saturated heterocycles. The molecule has 0 saturated carbocycles. The second kappa shape index (κ2) is 11.4. The number of rotatable bonds is 10. The van der Waals surface area contributed by atoms with E-state index in [4.69, 9.17) is 4.74 Å². The lowest BCUT2D eigenvalue weighted by atomic mass is 10.0. The summed E-state index contributed by atoms with van der Waals surface area (Å²) in [5, 5.41) is 2.86. The first kappa shape index (κ1) is 21.0. The van der Waals surface area contributed by atoms with Crippen molar-refractivity contribution in [3.63, 3.8) is 0 Å². The normalized spacial score (nSPS) is 10.6. The Balaban J connectivity index is 1.85. The van der Waals surface area contributed by atoms with E-state index in [-0.39, 0.29) is 0 Å². The van der Waals surface area contributed by atoms with Crippen molar-refractivity contribution in [1.29, 1.82) is 0 Å². The summed E-state index contributed by atoms with van der Waals surface area (Å²) in [6.07, 6.45) is 9.45. The van der Waals surface area contributed by atoms with Gasteiger partial charge in [0.2, 0.25) is 0 Å². The smallest absolute Gasteiger partial charge is 0.410 e. The number of hydrogen-bond donors (Lipinski definition) is 1. The van der Waals surface area contributed by atoms with Gasteiger partial charge in [0.15, 0.2) is 0 Å². The van der Waals surface area contributed by atoms with Crippen LogP contribution in [-0.2, 0) is 6.42 Å². The largest absolute Gasteiger partial charge is 0.417 e. The van der Waals surface area contributed by atoms with Gasteiger partial charge in [-0.25, -0.2) is 4.79 Å². The summed E-state index contributed by atoms with van der Waals surface area (Å²) in [5.41, 5.74) is 4.10. The molecule has 2 aromatic carbocycles. The zero-order chi connectivity index (χ0) is 19.5. The van der Waals surface area contributed by atoms with Crippen molar-refractivity contribution >= 4 is 11.8 Å². The summed E-state index contributed by atoms with van der Waals surface area (Å²) in [7, 11) is 0. The van der Waals surface area contributed by atoms with Gasteiger partial charge in [0, 0.05) is 5.69 Å². The molecular formula is C24H33NO2. The number of aryl methyl sites for hydroxylation is 2. The quantitative estimate of drug-likeness (QED) is 0.451. The topological polar surface area (TPSA) is 38.3 Å². The summed E-state index contributed by atoms with van der Waals surface area (Å²) in [5.74, 6) is 0.659. The van der Waals surface area contributed by atoms with E-state index < -0.39 is 6.09 Å². The lowest BCUT2D eigenvalue weighted by Crippen LogP contribution is -2.18. The number of carbonyl (C=O) groups is 1. The van der Waals surface area contributed by atoms with Crippen LogP contribution in [-0.4, -0.2) is 6.09 Å². The Labute approximate surface area is 164 Å². The van der Waals surface area contributed by atoms with Gasteiger partial charge in [0.1, 0.15) is 5.75 Å². The molecule has 0 atom stereocenters. The number of amides is 1. The molecule has 0 bridgehead atoms. The SMILES string of the molecule is CCCCCCCCCc1ccccc1OC(=O)Nc1cccc(C)c1C. The highest BCUT2D eigenvalue weighted by molar-refractivity contribution is 5.87. The molecule has 3 nitrogen and oxygen atoms in total. The molecule has 0 aromatic heterocycles. The number of nitrogens with one attached hydrogen (secondary N) is 1. The minimum absolute atomic E-state index is 0.435. The van der Waals surface area contributed by atoms with E-state index in [0.29, 0.717) is 5.75 Å². The van der Waals surface area contributed by atoms with E-state index in [0.717, 1.165) is 35.2 Å². The van der Waals surface area contributed by atoms with E-state index in [1.165, 1.54) is 38.5 Å². The first-order valence-electron chi connectivity index (χ1n) is 10.2. The number of para-hydroxylation sites is 1. The number of benzene rings is 2. The lowest BCUT2D eigenvalue weighted by molar-refractivity contribution is 0.214. The Morgan fingerprint density at radius 3 is 2.37 bits per heavy atom. The zero-order valence-electron chi connectivity index (χ0n) is 17.0. The summed E-state index contributed by atoms with van der Waals surface area (Å²) in [6, 6.07) is 13.7. The predicted octanol–water partition coefficient (Wildman–Crippen LogP) is 7.21. The van der Waals surface area contributed by atoms with Crippen LogP contribution in [0.15, 0.2) is 42.5 Å². The van der Waals surface area contributed by atoms with Crippen LogP contribution < -0.4 is 10.1 Å². The summed E-state index contributed by atoms with van der Waals surface area (Å²) < 4.78 is 5.60. The first-order valence-corrected chi connectivity index (χ1v) is 10.2. The van der Waals surface area contributed by atoms with Gasteiger partial charge in [-0.05, 0) is 55.5 Å². The van der Waals surface area contributed by atoms with E-state index in [1.807, 2.05) is 50.2 Å². The Hall–Kier alpha value is -2.29. The van der Waals surface area contributed by atoms with Crippen LogP contribution in [0.1, 0.15) is 68.6 Å². The molecule has 2 aromatic rings. The van der Waals surface area contributed by atoms with Crippen molar-refractivity contribution < 1.29 is 9.53 Å². The fourth-order valence-corrected chi connectivity index (χ4v) is 3.20. The van der Waals surface area contributed by atoms with Crippen molar-refractivity contribution in [1.82, 2.24) is 0 Å². The molecule has 27 heavy (non-hydrogen) atoms. The molecule has 3 heteroatoms. The second-order valence-corrected chi connectivity index (χ2v) is 7.24. The van der Waals surface area contributed by atoms with Crippen LogP contribution in [0.25, 0.3) is 0 Å². The molecule has 0 aliphatic carbocycles. The average Bonchev–Trinajstić information content (AvgIpc) is 2.66. The predicted molar refractivity (Wildman–Crippen MR) is 114 cm³/mol. The van der Waals surface area contributed by atoms with Gasteiger partial charge in [-0.15, -0.1) is 0 Å². The van der Waals surface area contributed by atoms with Gasteiger partial charge >= 0.3 is 6.09 Å². The molecule has 0 spiro atoms. The highest BCUT2D eigenvalue weighted by Crippen LogP contribution is 2.23. The van der Waals surface area contributed by atoms with Crippen LogP contribution in [0.3, 0.4) is 0 Å². The number of unbranched alkanes of at least 4 members (excludes halogenated alkanes) is 6. The van der Waals surface area contributed by atoms with Crippen molar-refractivity contribution in [3.05, 3.63) is 59.2 Å². The highest BCUT2D eigenvalue weighted by atomic mass is 16.6. The number of hydrogen-bond acceptors (Lipinski definition) is 2. The molecule has 2 rings (SSSR count). The van der Waals surface area contributed by atoms with Crippen LogP contribution in [0, 0.1) is 13.8 Å². The van der Waals surface area contributed by atoms with Crippen LogP contribution >= 0.6 is 0 Å². The van der Waals surface area contributed by atoms with E-state index in [9.17, 15) is 4.79 Å². The molecule has 0 unspecified atom stereocenters. The van der Waals surface area contributed by atoms with Gasteiger partial charge in [0.25, 0.3) is 0 Å². The summed E-state index contributed by atoms with van der Waals surface area (Å²) >= 11 is 0. The number of ether oxygens (including phenoxy) is 1. The fourth-order valence-electron chi connectivity index (χ4n) is 3.20. The molecule has 0 fully saturated rings. The third kappa shape index (κ3) is 7.09. The summed E-state index contributed by atoms with van der Waals surface area (Å²) in [6.45, 7) is 6.27. The van der Waals surface area contributed by atoms with Crippen LogP contribution in [0.5, 0.6) is 5.75 Å². The maximum absolute atomic E-state index is 12.3. The maximum atomic E-state index is 12.3. The van der Waals surface area contributed by atoms with Crippen molar-refractivity contribution in [2.45, 2.75) is 72.1 Å². The molecule has 1 amide bonds. The maximum Gasteiger partial charge on any atom is 0.417 e. The van der Waals surface area contributed by atoms with Gasteiger partial charge in [-0.1, -0.05) is 75.8 Å². The van der Waals surface area contributed by atoms with E-state index >= 15 is 0 Å². The molecule has 0 aliphatic rings. The van der Waals surface area contributed by atoms with Crippen LogP contribution in [0.4, 0.5) is 10.5 Å². The second-order valence-electron chi connectivity index (χ2n) is 7.24. The Morgan fingerprint density at radius 2 is 1.59 bits per heavy atom. The Morgan fingerprint density at radius 1 is 0.889 bits per heavy atom. The van der Waals surface area contributed by atoms with Crippen molar-refractivity contribution in [3.8, 4) is 5.75 Å². The number of carbonyl (C=O) groups excluding carboxylic acids is 1. The highest BCUT2D eigenvalue weighted by Gasteiger charge is 2.11. The monoisotopic (exact) mass is 367 g/mol. The van der Waals surface area contributed by atoms with Gasteiger partial charge < -0.3 is 4.74 Å². The molecular weight excluding hydrogens is 334 g/mol. The van der Waals surface area contributed by atoms with E-state index in [1.54, 1.807) is 0 Å². The van der Waals surface area contributed by atoms with Crippen molar-refractivity contribution in [2.75, 3.05) is 5.32 Å².